The quantitative estimate of drug-likeness (QED) is 0.564. The van der Waals surface area contributed by atoms with Crippen LogP contribution in [-0.2, 0) is 0 Å². The monoisotopic (exact) mass is 308 g/mol. The van der Waals surface area contributed by atoms with E-state index in [0.717, 1.165) is 18.6 Å². The fraction of sp³-hybridized carbons (Fsp3) is 0. The molecule has 1 aromatic heterocycles. The topological polar surface area (TPSA) is 20.2 Å². The Bertz CT molecular complexity index is 436. The molecular formula is C8H5IOS2. The third-order valence-electron chi connectivity index (χ3n) is 1.63. The Balaban J connectivity index is 2.98. The van der Waals surface area contributed by atoms with E-state index in [1.54, 1.807) is 6.07 Å². The second-order valence-electron chi connectivity index (χ2n) is 2.39. The van der Waals surface area contributed by atoms with Crippen LogP contribution < -0.4 is 0 Å². The predicted molar refractivity (Wildman–Crippen MR) is 63.5 cm³/mol. The number of halogens is 1. The van der Waals surface area contributed by atoms with Gasteiger partial charge in [-0.25, -0.2) is 0 Å². The van der Waals surface area contributed by atoms with E-state index in [4.69, 9.17) is 0 Å². The summed E-state index contributed by atoms with van der Waals surface area (Å²) in [6.07, 6.45) is 0. The highest BCUT2D eigenvalue weighted by Gasteiger charge is 2.07. The van der Waals surface area contributed by atoms with Crippen molar-refractivity contribution in [2.24, 2.45) is 0 Å². The first-order valence-corrected chi connectivity index (χ1v) is 5.68. The van der Waals surface area contributed by atoms with E-state index < -0.39 is 0 Å². The Kier molecular flexibility index (Phi) is 2.22. The summed E-state index contributed by atoms with van der Waals surface area (Å²) in [6, 6.07) is 3.61. The summed E-state index contributed by atoms with van der Waals surface area (Å²) in [5.74, 6) is 0.343. The lowest BCUT2D eigenvalue weighted by Crippen LogP contribution is -1.73. The van der Waals surface area contributed by atoms with Crippen molar-refractivity contribution in [1.82, 2.24) is 0 Å². The first-order chi connectivity index (χ1) is 5.70. The van der Waals surface area contributed by atoms with Crippen LogP contribution in [0.1, 0.15) is 0 Å². The zero-order valence-corrected chi connectivity index (χ0v) is 9.78. The molecule has 0 spiro atoms. The summed E-state index contributed by atoms with van der Waals surface area (Å²) in [6.45, 7) is 0. The number of phenolic OH excluding ortho intramolecular Hbond substituents is 1. The van der Waals surface area contributed by atoms with E-state index in [0.29, 0.717) is 5.75 Å². The van der Waals surface area contributed by atoms with Gasteiger partial charge in [0.1, 0.15) is 5.75 Å². The average molecular weight is 308 g/mol. The minimum absolute atomic E-state index is 0.343. The van der Waals surface area contributed by atoms with Crippen LogP contribution in [-0.4, -0.2) is 5.11 Å². The lowest BCUT2D eigenvalue weighted by atomic mass is 10.2. The van der Waals surface area contributed by atoms with Gasteiger partial charge >= 0.3 is 0 Å². The molecule has 1 nitrogen and oxygen atoms in total. The van der Waals surface area contributed by atoms with Crippen LogP contribution in [0.3, 0.4) is 0 Å². The van der Waals surface area contributed by atoms with E-state index in [2.05, 4.69) is 35.2 Å². The first-order valence-electron chi connectivity index (χ1n) is 3.28. The lowest BCUT2D eigenvalue weighted by Gasteiger charge is -1.97. The number of benzene rings is 1. The van der Waals surface area contributed by atoms with Crippen molar-refractivity contribution in [3.05, 3.63) is 21.1 Å². The molecule has 0 atom stereocenters. The molecule has 1 heterocycles. The zero-order valence-electron chi connectivity index (χ0n) is 5.91. The highest BCUT2D eigenvalue weighted by molar-refractivity contribution is 14.1. The van der Waals surface area contributed by atoms with Gasteiger partial charge < -0.3 is 5.11 Å². The number of hydrogen-bond donors (Lipinski definition) is 2. The smallest absolute Gasteiger partial charge is 0.133 e. The van der Waals surface area contributed by atoms with Crippen molar-refractivity contribution in [3.8, 4) is 5.75 Å². The number of fused-ring (bicyclic) bond motifs is 1. The Morgan fingerprint density at radius 1 is 1.42 bits per heavy atom. The number of rotatable bonds is 0. The maximum Gasteiger partial charge on any atom is 0.133 e. The lowest BCUT2D eigenvalue weighted by molar-refractivity contribution is 0.482. The van der Waals surface area contributed by atoms with Gasteiger partial charge in [-0.2, -0.15) is 0 Å². The minimum Gasteiger partial charge on any atom is -0.506 e. The highest BCUT2D eigenvalue weighted by atomic mass is 127. The third-order valence-corrected chi connectivity index (χ3v) is 4.06. The van der Waals surface area contributed by atoms with Gasteiger partial charge in [0.05, 0.1) is 4.70 Å². The van der Waals surface area contributed by atoms with Crippen LogP contribution in [0, 0.1) is 3.57 Å². The third kappa shape index (κ3) is 1.22. The fourth-order valence-electron chi connectivity index (χ4n) is 1.08. The molecule has 0 unspecified atom stereocenters. The Labute approximate surface area is 93.0 Å². The van der Waals surface area contributed by atoms with Gasteiger partial charge in [-0.05, 0) is 34.7 Å². The summed E-state index contributed by atoms with van der Waals surface area (Å²) in [5, 5.41) is 12.5. The number of phenols is 1. The molecule has 0 saturated carbocycles. The van der Waals surface area contributed by atoms with Crippen molar-refractivity contribution in [2.45, 2.75) is 4.90 Å². The highest BCUT2D eigenvalue weighted by Crippen LogP contribution is 2.37. The summed E-state index contributed by atoms with van der Waals surface area (Å²) < 4.78 is 2.05. The normalized spacial score (nSPS) is 10.8. The molecule has 0 bridgehead atoms. The van der Waals surface area contributed by atoms with Gasteiger partial charge in [0.15, 0.2) is 0 Å². The van der Waals surface area contributed by atoms with Crippen LogP contribution in [0.15, 0.2) is 22.4 Å². The van der Waals surface area contributed by atoms with Gasteiger partial charge in [0.25, 0.3) is 0 Å². The molecule has 12 heavy (non-hydrogen) atoms. The molecule has 2 rings (SSSR count). The molecule has 0 aliphatic heterocycles. The molecule has 2 aromatic rings. The van der Waals surface area contributed by atoms with E-state index in [1.165, 1.54) is 11.3 Å². The van der Waals surface area contributed by atoms with Gasteiger partial charge in [-0.1, -0.05) is 0 Å². The molecule has 0 fully saturated rings. The molecular weight excluding hydrogens is 303 g/mol. The van der Waals surface area contributed by atoms with Crippen LogP contribution in [0.5, 0.6) is 5.75 Å². The molecule has 62 valence electrons. The number of hydrogen-bond acceptors (Lipinski definition) is 3. The van der Waals surface area contributed by atoms with Gasteiger partial charge in [0, 0.05) is 19.2 Å². The van der Waals surface area contributed by atoms with E-state index in [1.807, 2.05) is 11.4 Å². The molecule has 0 aliphatic carbocycles. The zero-order chi connectivity index (χ0) is 8.72. The van der Waals surface area contributed by atoms with Gasteiger partial charge in [-0.3, -0.25) is 0 Å². The fourth-order valence-corrected chi connectivity index (χ4v) is 3.56. The largest absolute Gasteiger partial charge is 0.506 e. The van der Waals surface area contributed by atoms with Crippen molar-refractivity contribution in [3.63, 3.8) is 0 Å². The summed E-state index contributed by atoms with van der Waals surface area (Å²) in [4.78, 5) is 0.940. The maximum absolute atomic E-state index is 9.48. The molecule has 0 amide bonds. The summed E-state index contributed by atoms with van der Waals surface area (Å²) in [5.41, 5.74) is 0. The molecule has 4 heteroatoms. The van der Waals surface area contributed by atoms with Crippen LogP contribution >= 0.6 is 46.6 Å². The molecule has 0 radical (unpaired) electrons. The SMILES string of the molecule is Oc1ccc(I)c2c(S)csc12. The predicted octanol–water partition coefficient (Wildman–Crippen LogP) is 3.50. The van der Waals surface area contributed by atoms with Crippen LogP contribution in [0.25, 0.3) is 10.1 Å². The van der Waals surface area contributed by atoms with Crippen LogP contribution in [0.2, 0.25) is 0 Å². The van der Waals surface area contributed by atoms with E-state index >= 15 is 0 Å². The second kappa shape index (κ2) is 3.08. The number of thiol groups is 1. The van der Waals surface area contributed by atoms with Gasteiger partial charge in [0.2, 0.25) is 0 Å². The number of thiophene rings is 1. The molecule has 1 N–H and O–H groups in total. The first kappa shape index (κ1) is 8.65. The van der Waals surface area contributed by atoms with Crippen molar-refractivity contribution < 1.29 is 5.11 Å². The van der Waals surface area contributed by atoms with Crippen molar-refractivity contribution >= 4 is 56.6 Å². The Morgan fingerprint density at radius 3 is 2.83 bits per heavy atom. The summed E-state index contributed by atoms with van der Waals surface area (Å²) >= 11 is 8.08. The summed E-state index contributed by atoms with van der Waals surface area (Å²) in [7, 11) is 0. The molecule has 1 aromatic carbocycles. The standard InChI is InChI=1S/C8H5IOS2/c9-4-1-2-5(10)8-7(4)6(11)3-12-8/h1-3,10-11H. The Morgan fingerprint density at radius 2 is 2.17 bits per heavy atom. The van der Waals surface area contributed by atoms with Crippen LogP contribution in [0.4, 0.5) is 0 Å². The number of aromatic hydroxyl groups is 1. The van der Waals surface area contributed by atoms with Crippen molar-refractivity contribution in [1.29, 1.82) is 0 Å². The molecule has 0 aliphatic rings. The van der Waals surface area contributed by atoms with E-state index in [-0.39, 0.29) is 0 Å². The second-order valence-corrected chi connectivity index (χ2v) is 4.92. The molecule has 0 saturated heterocycles. The van der Waals surface area contributed by atoms with Gasteiger partial charge in [-0.15, -0.1) is 24.0 Å². The van der Waals surface area contributed by atoms with E-state index in [9.17, 15) is 5.11 Å². The van der Waals surface area contributed by atoms with Crippen molar-refractivity contribution in [2.75, 3.05) is 0 Å². The average Bonchev–Trinajstić information content (AvgIpc) is 2.42. The Hall–Kier alpha value is 0.0600. The minimum atomic E-state index is 0.343. The maximum atomic E-state index is 9.48.